The van der Waals surface area contributed by atoms with Crippen molar-refractivity contribution in [1.82, 2.24) is 20.1 Å². The van der Waals surface area contributed by atoms with Crippen LogP contribution in [0.2, 0.25) is 0 Å². The maximum atomic E-state index is 14.9. The Morgan fingerprint density at radius 1 is 0.981 bits per heavy atom. The van der Waals surface area contributed by atoms with Gasteiger partial charge >= 0.3 is 18.4 Å². The molecular formula is C38H35F6N5O5. The van der Waals surface area contributed by atoms with Crippen molar-refractivity contribution in [3.8, 4) is 11.6 Å². The number of nitrogens with zero attached hydrogens (tertiary/aromatic N) is 4. The fourth-order valence-corrected chi connectivity index (χ4v) is 6.92. The minimum absolute atomic E-state index is 0.0712. The van der Waals surface area contributed by atoms with E-state index in [9.17, 15) is 41.0 Å². The van der Waals surface area contributed by atoms with Gasteiger partial charge in [-0.25, -0.2) is 9.78 Å². The summed E-state index contributed by atoms with van der Waals surface area (Å²) in [4.78, 5) is 30.8. The van der Waals surface area contributed by atoms with Crippen LogP contribution < -0.4 is 5.32 Å². The van der Waals surface area contributed by atoms with Gasteiger partial charge in [-0.15, -0.1) is 23.4 Å². The molecule has 0 aliphatic heterocycles. The van der Waals surface area contributed by atoms with E-state index < -0.39 is 77.4 Å². The van der Waals surface area contributed by atoms with E-state index in [4.69, 9.17) is 9.15 Å². The molecule has 0 radical (unpaired) electrons. The Morgan fingerprint density at radius 3 is 2.22 bits per heavy atom. The Bertz CT molecular complexity index is 2020. The van der Waals surface area contributed by atoms with Gasteiger partial charge in [0, 0.05) is 19.5 Å². The number of rotatable bonds is 15. The highest BCUT2D eigenvalue weighted by Gasteiger charge is 2.61. The number of carbonyl (C=O) groups excluding carboxylic acids is 1. The highest BCUT2D eigenvalue weighted by Crippen LogP contribution is 2.65. The molecule has 10 nitrogen and oxygen atoms in total. The van der Waals surface area contributed by atoms with Crippen LogP contribution in [0.1, 0.15) is 70.7 Å². The number of alkyl halides is 6. The van der Waals surface area contributed by atoms with Crippen molar-refractivity contribution in [2.75, 3.05) is 11.9 Å². The number of nitrogens with one attached hydrogen (secondary N) is 1. The Morgan fingerprint density at radius 2 is 1.67 bits per heavy atom. The smallest absolute Gasteiger partial charge is 0.426 e. The van der Waals surface area contributed by atoms with Crippen molar-refractivity contribution in [3.63, 3.8) is 0 Å². The van der Waals surface area contributed by atoms with E-state index in [0.717, 1.165) is 41.7 Å². The van der Waals surface area contributed by atoms with Gasteiger partial charge in [-0.1, -0.05) is 66.7 Å². The molecule has 284 valence electrons. The van der Waals surface area contributed by atoms with Crippen LogP contribution in [0.4, 0.5) is 36.8 Å². The quantitative estimate of drug-likeness (QED) is 0.0908. The van der Waals surface area contributed by atoms with Gasteiger partial charge in [-0.2, -0.15) is 26.3 Å². The molecule has 3 aliphatic rings. The molecule has 54 heavy (non-hydrogen) atoms. The Labute approximate surface area is 305 Å². The molecule has 0 spiro atoms. The summed E-state index contributed by atoms with van der Waals surface area (Å²) in [6.45, 7) is 6.27. The van der Waals surface area contributed by atoms with Gasteiger partial charge in [0.2, 0.25) is 5.60 Å². The van der Waals surface area contributed by atoms with E-state index in [0.29, 0.717) is 17.2 Å². The minimum Gasteiger partial charge on any atom is -0.465 e. The Hall–Kier alpha value is -5.51. The lowest BCUT2D eigenvalue weighted by atomic mass is 9.42. The first-order valence-electron chi connectivity index (χ1n) is 16.9. The molecule has 0 saturated heterocycles. The van der Waals surface area contributed by atoms with Crippen molar-refractivity contribution in [2.45, 2.75) is 68.6 Å². The minimum atomic E-state index is -5.24. The van der Waals surface area contributed by atoms with Crippen molar-refractivity contribution in [1.29, 1.82) is 0 Å². The van der Waals surface area contributed by atoms with Gasteiger partial charge in [0.1, 0.15) is 5.69 Å². The third-order valence-corrected chi connectivity index (χ3v) is 9.83. The first kappa shape index (κ1) is 38.2. The molecule has 3 saturated carbocycles. The summed E-state index contributed by atoms with van der Waals surface area (Å²) in [5.74, 6) is -2.52. The van der Waals surface area contributed by atoms with Crippen LogP contribution in [-0.2, 0) is 35.1 Å². The number of amides is 2. The first-order chi connectivity index (χ1) is 25.6. The summed E-state index contributed by atoms with van der Waals surface area (Å²) in [6.07, 6.45) is -7.27. The lowest BCUT2D eigenvalue weighted by molar-refractivity contribution is -0.295. The molecule has 1 atom stereocenters. The fraction of sp³-hybridized carbons (Fsp3) is 0.342. The summed E-state index contributed by atoms with van der Waals surface area (Å²) in [5.41, 5.74) is -5.44. The summed E-state index contributed by atoms with van der Waals surface area (Å²) in [5, 5.41) is 18.4. The molecule has 4 aromatic rings. The van der Waals surface area contributed by atoms with Crippen molar-refractivity contribution < 1.29 is 50.2 Å². The third kappa shape index (κ3) is 7.47. The number of anilines is 1. The zero-order chi connectivity index (χ0) is 38.9. The molecule has 2 aromatic carbocycles. The number of hydrogen-bond donors (Lipinski definition) is 2. The number of aromatic nitrogens is 3. The lowest BCUT2D eigenvalue weighted by Crippen LogP contribution is -2.55. The SMILES string of the molecule is C=CCCN(Cc1ccc(C23CC(C2)C3)cc1)C(=O)c1nc(-c2nnc([C@@](CC=C)(OCc3ccccc3)C(F)(F)F)o2)c(NC(=O)O)cc1C(F)(F)F. The average Bonchev–Trinajstić information content (AvgIpc) is 3.57. The van der Waals surface area contributed by atoms with Crippen LogP contribution in [0.25, 0.3) is 11.6 Å². The number of ether oxygens (including phenoxy) is 1. The van der Waals surface area contributed by atoms with Crippen LogP contribution >= 0.6 is 0 Å². The van der Waals surface area contributed by atoms with E-state index in [2.05, 4.69) is 28.3 Å². The van der Waals surface area contributed by atoms with Crippen LogP contribution in [0.15, 0.2) is 90.4 Å². The number of carbonyl (C=O) groups is 2. The number of halogens is 6. The molecule has 3 aliphatic carbocycles. The maximum absolute atomic E-state index is 14.9. The average molecular weight is 756 g/mol. The molecule has 16 heteroatoms. The first-order valence-corrected chi connectivity index (χ1v) is 16.9. The highest BCUT2D eigenvalue weighted by atomic mass is 19.4. The molecule has 2 N–H and O–H groups in total. The van der Waals surface area contributed by atoms with Crippen LogP contribution in [0, 0.1) is 5.92 Å². The fourth-order valence-electron chi connectivity index (χ4n) is 6.92. The monoisotopic (exact) mass is 755 g/mol. The topological polar surface area (TPSA) is 131 Å². The highest BCUT2D eigenvalue weighted by molar-refractivity contribution is 5.97. The molecule has 2 aromatic heterocycles. The Kier molecular flexibility index (Phi) is 10.4. The molecule has 7 rings (SSSR count). The van der Waals surface area contributed by atoms with Gasteiger partial charge < -0.3 is 19.2 Å². The number of hydrogen-bond acceptors (Lipinski definition) is 7. The van der Waals surface area contributed by atoms with E-state index in [1.165, 1.54) is 18.2 Å². The van der Waals surface area contributed by atoms with E-state index in [1.807, 2.05) is 24.3 Å². The van der Waals surface area contributed by atoms with Crippen LogP contribution in [0.5, 0.6) is 0 Å². The summed E-state index contributed by atoms with van der Waals surface area (Å²) >= 11 is 0. The summed E-state index contributed by atoms with van der Waals surface area (Å²) in [7, 11) is 0. The molecule has 2 heterocycles. The number of benzene rings is 2. The second kappa shape index (κ2) is 14.7. The second-order valence-electron chi connectivity index (χ2n) is 13.5. The van der Waals surface area contributed by atoms with Gasteiger partial charge in [0.25, 0.3) is 17.7 Å². The van der Waals surface area contributed by atoms with Crippen LogP contribution in [0.3, 0.4) is 0 Å². The molecule has 0 unspecified atom stereocenters. The summed E-state index contributed by atoms with van der Waals surface area (Å²) in [6, 6.07) is 15.7. The predicted octanol–water partition coefficient (Wildman–Crippen LogP) is 9.06. The van der Waals surface area contributed by atoms with Gasteiger partial charge in [0.15, 0.2) is 5.69 Å². The number of carboxylic acid groups (broad SMARTS) is 1. The lowest BCUT2D eigenvalue weighted by Gasteiger charge is -2.62. The standard InChI is InChI=1S/C38H35F6N5O5/c1-3-5-16-49(21-23-11-13-26(14-12-23)35-18-25(19-35)20-35)32(50)29-27(37(39,40)41)17-28(45-34(51)52)30(46-29)31-47-48-33(54-31)36(15-4-2,38(42,43)44)53-22-24-9-7-6-8-10-24/h3-4,6-14,17,25,45H,1-2,5,15-16,18-22H2,(H,51,52)/t25?,35?,36-/m1/s1. The maximum Gasteiger partial charge on any atom is 0.426 e. The molecule has 2 bridgehead atoms. The molecule has 3 fully saturated rings. The molecule has 2 amide bonds. The van der Waals surface area contributed by atoms with Gasteiger partial charge in [-0.05, 0) is 59.8 Å². The van der Waals surface area contributed by atoms with Crippen molar-refractivity contribution in [2.24, 2.45) is 5.92 Å². The summed E-state index contributed by atoms with van der Waals surface area (Å²) < 4.78 is 99.2. The second-order valence-corrected chi connectivity index (χ2v) is 13.5. The molecular weight excluding hydrogens is 720 g/mol. The van der Waals surface area contributed by atoms with Crippen molar-refractivity contribution in [3.05, 3.63) is 120 Å². The predicted molar refractivity (Wildman–Crippen MR) is 183 cm³/mol. The van der Waals surface area contributed by atoms with Gasteiger partial charge in [0.05, 0.1) is 17.9 Å². The van der Waals surface area contributed by atoms with Gasteiger partial charge in [-0.3, -0.25) is 10.1 Å². The van der Waals surface area contributed by atoms with E-state index >= 15 is 0 Å². The largest absolute Gasteiger partial charge is 0.465 e. The van der Waals surface area contributed by atoms with Crippen molar-refractivity contribution >= 4 is 17.7 Å². The van der Waals surface area contributed by atoms with E-state index in [-0.39, 0.29) is 24.9 Å². The van der Waals surface area contributed by atoms with E-state index in [1.54, 1.807) is 23.5 Å². The third-order valence-electron chi connectivity index (χ3n) is 9.83. The normalized spacial score (nSPS) is 18.8. The number of pyridine rings is 1. The zero-order valence-electron chi connectivity index (χ0n) is 28.7. The Balaban J connectivity index is 1.41. The van der Waals surface area contributed by atoms with Crippen LogP contribution in [-0.4, -0.2) is 49.9 Å². The zero-order valence-corrected chi connectivity index (χ0v) is 28.7.